The fourth-order valence-corrected chi connectivity index (χ4v) is 2.06. The van der Waals surface area contributed by atoms with Gasteiger partial charge in [0.15, 0.2) is 5.15 Å². The Morgan fingerprint density at radius 3 is 2.40 bits per heavy atom. The number of aromatic nitrogens is 2. The Kier molecular flexibility index (Phi) is 3.23. The molecule has 0 amide bonds. The Hall–Kier alpha value is -1.06. The number of aryl methyl sites for hydroxylation is 1. The number of hydrogen-bond acceptors (Lipinski definition) is 3. The number of nitrogens with zero attached hydrogens (tertiary/aromatic N) is 2. The van der Waals surface area contributed by atoms with E-state index in [1.807, 2.05) is 12.1 Å². The van der Waals surface area contributed by atoms with Gasteiger partial charge in [0.1, 0.15) is 5.03 Å². The fourth-order valence-electron chi connectivity index (χ4n) is 1.09. The largest absolute Gasteiger partial charge is 0.245 e. The molecule has 1 aromatic heterocycles. The second-order valence-electron chi connectivity index (χ2n) is 3.07. The van der Waals surface area contributed by atoms with E-state index in [1.165, 1.54) is 17.3 Å². The Morgan fingerprint density at radius 1 is 1.07 bits per heavy atom. The molecule has 0 saturated heterocycles. The maximum atomic E-state index is 5.91. The van der Waals surface area contributed by atoms with Gasteiger partial charge in [-0.05, 0) is 19.1 Å². The van der Waals surface area contributed by atoms with Crippen molar-refractivity contribution < 1.29 is 0 Å². The smallest absolute Gasteiger partial charge is 0.161 e. The van der Waals surface area contributed by atoms with Gasteiger partial charge in [-0.3, -0.25) is 0 Å². The lowest BCUT2D eigenvalue weighted by molar-refractivity contribution is 1.06. The van der Waals surface area contributed by atoms with Gasteiger partial charge >= 0.3 is 0 Å². The Labute approximate surface area is 97.7 Å². The van der Waals surface area contributed by atoms with Gasteiger partial charge in [-0.15, -0.1) is 0 Å². The molecule has 0 atom stereocenters. The lowest BCUT2D eigenvalue weighted by atomic mass is 10.2. The van der Waals surface area contributed by atoms with Crippen LogP contribution in [0.5, 0.6) is 0 Å². The van der Waals surface area contributed by atoms with Gasteiger partial charge in [0, 0.05) is 17.3 Å². The van der Waals surface area contributed by atoms with Crippen molar-refractivity contribution in [3.8, 4) is 0 Å². The predicted octanol–water partition coefficient (Wildman–Crippen LogP) is 3.59. The van der Waals surface area contributed by atoms with Crippen molar-refractivity contribution in [2.45, 2.75) is 16.8 Å². The van der Waals surface area contributed by atoms with E-state index >= 15 is 0 Å². The van der Waals surface area contributed by atoms with Crippen molar-refractivity contribution in [3.63, 3.8) is 0 Å². The zero-order valence-electron chi connectivity index (χ0n) is 8.14. The second kappa shape index (κ2) is 4.64. The van der Waals surface area contributed by atoms with E-state index in [-0.39, 0.29) is 0 Å². The van der Waals surface area contributed by atoms with E-state index in [0.29, 0.717) is 5.15 Å². The van der Waals surface area contributed by atoms with Gasteiger partial charge in [-0.25, -0.2) is 9.97 Å². The highest BCUT2D eigenvalue weighted by atomic mass is 35.5. The highest BCUT2D eigenvalue weighted by Crippen LogP contribution is 2.29. The molecule has 76 valence electrons. The van der Waals surface area contributed by atoms with Gasteiger partial charge < -0.3 is 0 Å². The molecule has 2 nitrogen and oxygen atoms in total. The Morgan fingerprint density at radius 2 is 1.73 bits per heavy atom. The van der Waals surface area contributed by atoms with Gasteiger partial charge in [0.2, 0.25) is 0 Å². The quantitative estimate of drug-likeness (QED) is 0.797. The van der Waals surface area contributed by atoms with Gasteiger partial charge in [0.25, 0.3) is 0 Å². The molecule has 0 aliphatic rings. The first-order valence-corrected chi connectivity index (χ1v) is 5.66. The molecule has 0 saturated carbocycles. The van der Waals surface area contributed by atoms with Crippen molar-refractivity contribution in [1.29, 1.82) is 0 Å². The van der Waals surface area contributed by atoms with Crippen LogP contribution >= 0.6 is 23.4 Å². The predicted molar refractivity (Wildman–Crippen MR) is 62.3 cm³/mol. The van der Waals surface area contributed by atoms with E-state index in [9.17, 15) is 0 Å². The molecule has 0 radical (unpaired) electrons. The summed E-state index contributed by atoms with van der Waals surface area (Å²) in [5.41, 5.74) is 1.24. The summed E-state index contributed by atoms with van der Waals surface area (Å²) in [6.07, 6.45) is 3.23. The summed E-state index contributed by atoms with van der Waals surface area (Å²) in [4.78, 5) is 9.25. The van der Waals surface area contributed by atoms with Crippen LogP contribution in [-0.2, 0) is 0 Å². The summed E-state index contributed by atoms with van der Waals surface area (Å²) in [5.74, 6) is 0. The summed E-state index contributed by atoms with van der Waals surface area (Å²) in [6.45, 7) is 2.06. The van der Waals surface area contributed by atoms with E-state index in [1.54, 1.807) is 12.4 Å². The van der Waals surface area contributed by atoms with E-state index in [2.05, 4.69) is 29.0 Å². The molecule has 0 spiro atoms. The minimum Gasteiger partial charge on any atom is -0.245 e. The van der Waals surface area contributed by atoms with Gasteiger partial charge in [-0.1, -0.05) is 41.1 Å². The maximum absolute atomic E-state index is 5.91. The standard InChI is InChI=1S/C11H9ClN2S/c1-8-2-4-9(5-3-8)15-11-10(12)13-6-7-14-11/h2-7H,1H3. The molecule has 2 aromatic rings. The molecule has 0 aliphatic carbocycles. The van der Waals surface area contributed by atoms with Gasteiger partial charge in [0.05, 0.1) is 0 Å². The molecule has 1 aromatic carbocycles. The number of halogens is 1. The second-order valence-corrected chi connectivity index (χ2v) is 4.49. The number of benzene rings is 1. The van der Waals surface area contributed by atoms with Crippen LogP contribution in [0.3, 0.4) is 0 Å². The zero-order valence-corrected chi connectivity index (χ0v) is 9.72. The first-order valence-electron chi connectivity index (χ1n) is 4.47. The normalized spacial score (nSPS) is 10.3. The molecule has 0 N–H and O–H groups in total. The average Bonchev–Trinajstić information content (AvgIpc) is 2.25. The van der Waals surface area contributed by atoms with Crippen LogP contribution < -0.4 is 0 Å². The zero-order chi connectivity index (χ0) is 10.7. The summed E-state index contributed by atoms with van der Waals surface area (Å²) in [6, 6.07) is 8.22. The molecule has 2 rings (SSSR count). The molecule has 1 heterocycles. The Bertz CT molecular complexity index is 456. The lowest BCUT2D eigenvalue weighted by Gasteiger charge is -2.01. The van der Waals surface area contributed by atoms with Crippen molar-refractivity contribution >= 4 is 23.4 Å². The highest BCUT2D eigenvalue weighted by molar-refractivity contribution is 7.99. The lowest BCUT2D eigenvalue weighted by Crippen LogP contribution is -1.84. The average molecular weight is 237 g/mol. The molecule has 0 aliphatic heterocycles. The molecule has 0 unspecified atom stereocenters. The first kappa shape index (κ1) is 10.5. The van der Waals surface area contributed by atoms with Crippen molar-refractivity contribution in [2.75, 3.05) is 0 Å². The van der Waals surface area contributed by atoms with Crippen LogP contribution in [0.4, 0.5) is 0 Å². The summed E-state index contributed by atoms with van der Waals surface area (Å²) >= 11 is 7.43. The Balaban J connectivity index is 2.22. The van der Waals surface area contributed by atoms with Crippen molar-refractivity contribution in [3.05, 3.63) is 47.4 Å². The molecule has 0 bridgehead atoms. The molecule has 4 heteroatoms. The third-order valence-electron chi connectivity index (χ3n) is 1.86. The van der Waals surface area contributed by atoms with E-state index < -0.39 is 0 Å². The molecular formula is C11H9ClN2S. The summed E-state index contributed by atoms with van der Waals surface area (Å²) < 4.78 is 0. The molecular weight excluding hydrogens is 228 g/mol. The van der Waals surface area contributed by atoms with Crippen LogP contribution in [-0.4, -0.2) is 9.97 Å². The third kappa shape index (κ3) is 2.70. The fraction of sp³-hybridized carbons (Fsp3) is 0.0909. The van der Waals surface area contributed by atoms with Crippen LogP contribution in [0.2, 0.25) is 5.15 Å². The minimum atomic E-state index is 0.447. The SMILES string of the molecule is Cc1ccc(Sc2nccnc2Cl)cc1. The topological polar surface area (TPSA) is 25.8 Å². The summed E-state index contributed by atoms with van der Waals surface area (Å²) in [5, 5.41) is 1.19. The molecule has 15 heavy (non-hydrogen) atoms. The van der Waals surface area contributed by atoms with E-state index in [0.717, 1.165) is 9.92 Å². The monoisotopic (exact) mass is 236 g/mol. The van der Waals surface area contributed by atoms with E-state index in [4.69, 9.17) is 11.6 Å². The third-order valence-corrected chi connectivity index (χ3v) is 3.25. The van der Waals surface area contributed by atoms with Crippen LogP contribution in [0.1, 0.15) is 5.56 Å². The van der Waals surface area contributed by atoms with Crippen LogP contribution in [0, 0.1) is 6.92 Å². The first-order chi connectivity index (χ1) is 7.25. The minimum absolute atomic E-state index is 0.447. The van der Waals surface area contributed by atoms with Crippen molar-refractivity contribution in [2.24, 2.45) is 0 Å². The maximum Gasteiger partial charge on any atom is 0.161 e. The number of rotatable bonds is 2. The molecule has 0 fully saturated rings. The van der Waals surface area contributed by atoms with Crippen LogP contribution in [0.25, 0.3) is 0 Å². The van der Waals surface area contributed by atoms with Crippen LogP contribution in [0.15, 0.2) is 46.6 Å². The van der Waals surface area contributed by atoms with Crippen molar-refractivity contribution in [1.82, 2.24) is 9.97 Å². The van der Waals surface area contributed by atoms with Gasteiger partial charge in [-0.2, -0.15) is 0 Å². The highest BCUT2D eigenvalue weighted by Gasteiger charge is 2.03. The summed E-state index contributed by atoms with van der Waals surface area (Å²) in [7, 11) is 0. The number of hydrogen-bond donors (Lipinski definition) is 0.